The lowest BCUT2D eigenvalue weighted by Gasteiger charge is -2.15. The van der Waals surface area contributed by atoms with Crippen molar-refractivity contribution in [1.29, 1.82) is 0 Å². The topological polar surface area (TPSA) is 67.8 Å². The predicted molar refractivity (Wildman–Crippen MR) is 115 cm³/mol. The predicted octanol–water partition coefficient (Wildman–Crippen LogP) is 4.13. The lowest BCUT2D eigenvalue weighted by molar-refractivity contribution is -0.0504. The van der Waals surface area contributed by atoms with Crippen LogP contribution < -0.4 is 20.1 Å². The van der Waals surface area contributed by atoms with Gasteiger partial charge in [0, 0.05) is 37.5 Å². The number of nitrogens with one attached hydrogen (secondary N) is 2. The van der Waals surface area contributed by atoms with Crippen LogP contribution in [0.4, 0.5) is 8.78 Å². The van der Waals surface area contributed by atoms with Crippen molar-refractivity contribution in [3.05, 3.63) is 89.6 Å². The molecular weight excluding hydrogens is 402 g/mol. The molecule has 2 N–H and O–H groups in total. The smallest absolute Gasteiger partial charge is 0.387 e. The van der Waals surface area contributed by atoms with Crippen molar-refractivity contribution >= 4 is 5.96 Å². The van der Waals surface area contributed by atoms with E-state index in [2.05, 4.69) is 25.3 Å². The van der Waals surface area contributed by atoms with Crippen LogP contribution in [0.5, 0.6) is 11.6 Å². The largest absolute Gasteiger partial charge is 0.473 e. The summed E-state index contributed by atoms with van der Waals surface area (Å²) in [6.45, 7) is -1.77. The molecule has 0 bridgehead atoms. The molecule has 0 saturated heterocycles. The molecule has 3 rings (SSSR count). The van der Waals surface area contributed by atoms with E-state index in [0.717, 1.165) is 11.1 Å². The Hall–Kier alpha value is -3.68. The number of para-hydroxylation sites is 1. The van der Waals surface area contributed by atoms with E-state index in [1.807, 2.05) is 42.5 Å². The van der Waals surface area contributed by atoms with Crippen LogP contribution >= 0.6 is 0 Å². The van der Waals surface area contributed by atoms with Crippen LogP contribution in [-0.2, 0) is 19.7 Å². The van der Waals surface area contributed by atoms with E-state index in [0.29, 0.717) is 30.6 Å². The maximum Gasteiger partial charge on any atom is 0.387 e. The number of halogens is 2. The van der Waals surface area contributed by atoms with E-state index >= 15 is 0 Å². The molecule has 0 unspecified atom stereocenters. The van der Waals surface area contributed by atoms with Gasteiger partial charge < -0.3 is 20.1 Å². The number of guanidine groups is 1. The number of ether oxygens (including phenoxy) is 2. The molecule has 162 valence electrons. The second kappa shape index (κ2) is 11.5. The van der Waals surface area contributed by atoms with Crippen LogP contribution in [-0.4, -0.2) is 24.6 Å². The van der Waals surface area contributed by atoms with Crippen molar-refractivity contribution in [3.8, 4) is 11.6 Å². The molecule has 0 amide bonds. The maximum absolute atomic E-state index is 12.6. The van der Waals surface area contributed by atoms with Gasteiger partial charge in [-0.1, -0.05) is 54.6 Å². The minimum absolute atomic E-state index is 0.129. The molecule has 31 heavy (non-hydrogen) atoms. The van der Waals surface area contributed by atoms with Crippen LogP contribution in [0, 0.1) is 0 Å². The third-order valence-corrected chi connectivity index (χ3v) is 4.37. The highest BCUT2D eigenvalue weighted by Crippen LogP contribution is 2.20. The first-order valence-electron chi connectivity index (χ1n) is 9.73. The first-order valence-corrected chi connectivity index (χ1v) is 9.73. The van der Waals surface area contributed by atoms with Gasteiger partial charge in [-0.2, -0.15) is 8.78 Å². The highest BCUT2D eigenvalue weighted by Gasteiger charge is 2.10. The third-order valence-electron chi connectivity index (χ3n) is 4.37. The SMILES string of the molecule is CN=C(NCc1ccccc1OC(F)F)NCc1cccnc1OCc1ccccc1. The number of hydrogen-bond acceptors (Lipinski definition) is 4. The zero-order valence-corrected chi connectivity index (χ0v) is 17.1. The molecule has 3 aromatic rings. The maximum atomic E-state index is 12.6. The Bertz CT molecular complexity index is 984. The molecule has 2 aromatic carbocycles. The van der Waals surface area contributed by atoms with Gasteiger partial charge in [0.1, 0.15) is 12.4 Å². The van der Waals surface area contributed by atoms with Crippen molar-refractivity contribution < 1.29 is 18.3 Å². The number of benzene rings is 2. The highest BCUT2D eigenvalue weighted by atomic mass is 19.3. The summed E-state index contributed by atoms with van der Waals surface area (Å²) in [4.78, 5) is 8.50. The van der Waals surface area contributed by atoms with Crippen LogP contribution in [0.1, 0.15) is 16.7 Å². The fourth-order valence-electron chi connectivity index (χ4n) is 2.85. The van der Waals surface area contributed by atoms with Gasteiger partial charge in [0.15, 0.2) is 5.96 Å². The molecule has 0 spiro atoms. The lowest BCUT2D eigenvalue weighted by atomic mass is 10.2. The molecule has 0 saturated carbocycles. The van der Waals surface area contributed by atoms with Crippen molar-refractivity contribution in [2.75, 3.05) is 7.05 Å². The molecule has 6 nitrogen and oxygen atoms in total. The Morgan fingerprint density at radius 2 is 1.61 bits per heavy atom. The van der Waals surface area contributed by atoms with E-state index in [1.54, 1.807) is 31.4 Å². The van der Waals surface area contributed by atoms with E-state index in [-0.39, 0.29) is 12.3 Å². The molecule has 8 heteroatoms. The fraction of sp³-hybridized carbons (Fsp3) is 0.217. The Labute approximate surface area is 180 Å². The summed E-state index contributed by atoms with van der Waals surface area (Å²) in [5.41, 5.74) is 2.51. The molecule has 1 heterocycles. The first-order chi connectivity index (χ1) is 15.2. The van der Waals surface area contributed by atoms with E-state index in [9.17, 15) is 8.78 Å². The van der Waals surface area contributed by atoms with Crippen molar-refractivity contribution in [2.24, 2.45) is 4.99 Å². The minimum Gasteiger partial charge on any atom is -0.473 e. The Morgan fingerprint density at radius 1 is 0.935 bits per heavy atom. The van der Waals surface area contributed by atoms with E-state index < -0.39 is 6.61 Å². The quantitative estimate of drug-likeness (QED) is 0.398. The third kappa shape index (κ3) is 6.95. The van der Waals surface area contributed by atoms with Gasteiger partial charge >= 0.3 is 6.61 Å². The van der Waals surface area contributed by atoms with Gasteiger partial charge in [-0.15, -0.1) is 0 Å². The average Bonchev–Trinajstić information content (AvgIpc) is 2.79. The van der Waals surface area contributed by atoms with Crippen LogP contribution in [0.25, 0.3) is 0 Å². The molecule has 0 aliphatic heterocycles. The van der Waals surface area contributed by atoms with Gasteiger partial charge in [0.05, 0.1) is 0 Å². The van der Waals surface area contributed by atoms with Crippen molar-refractivity contribution in [1.82, 2.24) is 15.6 Å². The molecule has 0 aliphatic carbocycles. The van der Waals surface area contributed by atoms with Gasteiger partial charge in [0.2, 0.25) is 5.88 Å². The summed E-state index contributed by atoms with van der Waals surface area (Å²) in [5.74, 6) is 1.17. The normalized spacial score (nSPS) is 11.3. The summed E-state index contributed by atoms with van der Waals surface area (Å²) in [7, 11) is 1.63. The number of aliphatic imine (C=N–C) groups is 1. The first kappa shape index (κ1) is 22.0. The second-order valence-corrected chi connectivity index (χ2v) is 6.51. The summed E-state index contributed by atoms with van der Waals surface area (Å²) in [6.07, 6.45) is 1.68. The fourth-order valence-corrected chi connectivity index (χ4v) is 2.85. The summed E-state index contributed by atoms with van der Waals surface area (Å²) in [5, 5.41) is 6.28. The standard InChI is InChI=1S/C23H24F2N4O2/c1-26-23(28-14-18-10-5-6-12-20(18)31-22(24)25)29-15-19-11-7-13-27-21(19)30-16-17-8-3-2-4-9-17/h2-13,22H,14-16H2,1H3,(H2,26,28,29). The van der Waals surface area contributed by atoms with Crippen LogP contribution in [0.3, 0.4) is 0 Å². The van der Waals surface area contributed by atoms with Gasteiger partial charge in [-0.3, -0.25) is 4.99 Å². The number of pyridine rings is 1. The Morgan fingerprint density at radius 3 is 2.35 bits per heavy atom. The van der Waals surface area contributed by atoms with Crippen molar-refractivity contribution in [3.63, 3.8) is 0 Å². The zero-order valence-electron chi connectivity index (χ0n) is 17.1. The highest BCUT2D eigenvalue weighted by molar-refractivity contribution is 5.79. The van der Waals surface area contributed by atoms with Gasteiger partial charge in [-0.25, -0.2) is 4.98 Å². The summed E-state index contributed by atoms with van der Waals surface area (Å²) >= 11 is 0. The Balaban J connectivity index is 1.57. The average molecular weight is 426 g/mol. The molecular formula is C23H24F2N4O2. The van der Waals surface area contributed by atoms with Crippen LogP contribution in [0.2, 0.25) is 0 Å². The molecule has 1 aromatic heterocycles. The lowest BCUT2D eigenvalue weighted by Crippen LogP contribution is -2.36. The number of aromatic nitrogens is 1. The molecule has 0 radical (unpaired) electrons. The van der Waals surface area contributed by atoms with E-state index in [1.165, 1.54) is 6.07 Å². The number of nitrogens with zero attached hydrogens (tertiary/aromatic N) is 2. The van der Waals surface area contributed by atoms with Crippen LogP contribution in [0.15, 0.2) is 77.9 Å². The zero-order chi connectivity index (χ0) is 21.9. The number of hydrogen-bond donors (Lipinski definition) is 2. The molecule has 0 aliphatic rings. The molecule has 0 fully saturated rings. The van der Waals surface area contributed by atoms with Gasteiger partial charge in [-0.05, 0) is 17.7 Å². The monoisotopic (exact) mass is 426 g/mol. The summed E-state index contributed by atoms with van der Waals surface area (Å²) < 4.78 is 35.6. The minimum atomic E-state index is -2.88. The number of rotatable bonds is 9. The van der Waals surface area contributed by atoms with Crippen molar-refractivity contribution in [2.45, 2.75) is 26.3 Å². The van der Waals surface area contributed by atoms with E-state index in [4.69, 9.17) is 4.74 Å². The second-order valence-electron chi connectivity index (χ2n) is 6.51. The number of alkyl halides is 2. The molecule has 0 atom stereocenters. The van der Waals surface area contributed by atoms with Gasteiger partial charge in [0.25, 0.3) is 0 Å². The Kier molecular flexibility index (Phi) is 8.16. The summed E-state index contributed by atoms with van der Waals surface area (Å²) in [6, 6.07) is 20.2.